The van der Waals surface area contributed by atoms with Crippen LogP contribution in [0.3, 0.4) is 0 Å². The molecule has 4 N–H and O–H groups in total. The van der Waals surface area contributed by atoms with E-state index in [2.05, 4.69) is 12.2 Å². The van der Waals surface area contributed by atoms with Crippen molar-refractivity contribution in [2.45, 2.75) is 83.0 Å². The van der Waals surface area contributed by atoms with Crippen LogP contribution < -0.4 is 5.32 Å². The molecule has 0 saturated carbocycles. The molecule has 7 nitrogen and oxygen atoms in total. The summed E-state index contributed by atoms with van der Waals surface area (Å²) in [5, 5.41) is 31.8. The molecule has 1 aliphatic rings. The summed E-state index contributed by atoms with van der Waals surface area (Å²) in [4.78, 5) is 11.3. The maximum Gasteiger partial charge on any atom is 0.217 e. The third kappa shape index (κ3) is 6.73. The van der Waals surface area contributed by atoms with Crippen molar-refractivity contribution in [2.75, 3.05) is 13.2 Å². The maximum absolute atomic E-state index is 11.3. The van der Waals surface area contributed by atoms with Gasteiger partial charge in [-0.05, 0) is 6.42 Å². The Hall–Kier alpha value is -0.730. The third-order valence-corrected chi connectivity index (χ3v) is 4.03. The first-order valence-electron chi connectivity index (χ1n) is 8.52. The predicted octanol–water partition coefficient (Wildman–Crippen LogP) is 0.307. The molecule has 1 saturated heterocycles. The Labute approximate surface area is 138 Å². The van der Waals surface area contributed by atoms with E-state index < -0.39 is 37.3 Å². The Bertz CT molecular complexity index is 341. The number of unbranched alkanes of at least 4 members (excludes halogenated alkanes) is 5. The number of aliphatic hydroxyl groups is 3. The number of nitrogens with one attached hydrogen (secondary N) is 1. The lowest BCUT2D eigenvalue weighted by Crippen LogP contribution is -2.64. The minimum absolute atomic E-state index is 0.347. The zero-order valence-electron chi connectivity index (χ0n) is 14.1. The Morgan fingerprint density at radius 2 is 1.78 bits per heavy atom. The molecule has 0 spiro atoms. The Morgan fingerprint density at radius 1 is 1.13 bits per heavy atom. The number of amides is 1. The van der Waals surface area contributed by atoms with Gasteiger partial charge >= 0.3 is 0 Å². The molecule has 0 aromatic carbocycles. The molecule has 1 aliphatic heterocycles. The molecule has 136 valence electrons. The monoisotopic (exact) mass is 333 g/mol. The molecule has 0 aliphatic carbocycles. The SMILES string of the molecule is CCCCCCCCO[C@@H]1O[C@@H](CO)[C@@H](O)[C@@H](O)[C@@H]1NC(C)=O. The van der Waals surface area contributed by atoms with Crippen molar-refractivity contribution in [1.82, 2.24) is 5.32 Å². The average Bonchev–Trinajstić information content (AvgIpc) is 2.52. The van der Waals surface area contributed by atoms with Crippen LogP contribution in [0.15, 0.2) is 0 Å². The van der Waals surface area contributed by atoms with Crippen LogP contribution in [0.2, 0.25) is 0 Å². The molecular weight excluding hydrogens is 302 g/mol. The number of aliphatic hydroxyl groups excluding tert-OH is 3. The molecule has 5 atom stereocenters. The van der Waals surface area contributed by atoms with Crippen molar-refractivity contribution in [3.8, 4) is 0 Å². The molecular formula is C16H31NO6. The second-order valence-corrected chi connectivity index (χ2v) is 6.07. The second kappa shape index (κ2) is 10.9. The minimum atomic E-state index is -1.27. The molecule has 1 heterocycles. The highest BCUT2D eigenvalue weighted by Gasteiger charge is 2.45. The van der Waals surface area contributed by atoms with E-state index in [4.69, 9.17) is 9.47 Å². The van der Waals surface area contributed by atoms with Gasteiger partial charge in [0.15, 0.2) is 6.29 Å². The van der Waals surface area contributed by atoms with Gasteiger partial charge in [0.2, 0.25) is 5.91 Å². The van der Waals surface area contributed by atoms with Gasteiger partial charge in [-0.3, -0.25) is 4.79 Å². The van der Waals surface area contributed by atoms with Crippen LogP contribution in [0.5, 0.6) is 0 Å². The van der Waals surface area contributed by atoms with E-state index >= 15 is 0 Å². The first-order chi connectivity index (χ1) is 11.0. The van der Waals surface area contributed by atoms with Crippen LogP contribution in [-0.4, -0.2) is 65.1 Å². The van der Waals surface area contributed by atoms with Crippen molar-refractivity contribution >= 4 is 5.91 Å². The fourth-order valence-electron chi connectivity index (χ4n) is 2.69. The van der Waals surface area contributed by atoms with Crippen LogP contribution in [0, 0.1) is 0 Å². The molecule has 23 heavy (non-hydrogen) atoms. The smallest absolute Gasteiger partial charge is 0.217 e. The van der Waals surface area contributed by atoms with E-state index in [9.17, 15) is 20.1 Å². The lowest BCUT2D eigenvalue weighted by molar-refractivity contribution is -0.270. The van der Waals surface area contributed by atoms with Gasteiger partial charge in [0.1, 0.15) is 24.4 Å². The standard InChI is InChI=1S/C16H31NO6/c1-3-4-5-6-7-8-9-22-16-13(17-11(2)19)15(21)14(20)12(10-18)23-16/h12-16,18,20-21H,3-10H2,1-2H3,(H,17,19)/t12-,13-,14+,15-,16+/m0/s1. The van der Waals surface area contributed by atoms with Gasteiger partial charge in [0.25, 0.3) is 0 Å². The summed E-state index contributed by atoms with van der Waals surface area (Å²) in [5.74, 6) is -0.347. The largest absolute Gasteiger partial charge is 0.394 e. The molecule has 0 aromatic rings. The van der Waals surface area contributed by atoms with Crippen LogP contribution in [-0.2, 0) is 14.3 Å². The van der Waals surface area contributed by atoms with Gasteiger partial charge < -0.3 is 30.1 Å². The predicted molar refractivity (Wildman–Crippen MR) is 84.7 cm³/mol. The highest BCUT2D eigenvalue weighted by molar-refractivity contribution is 5.73. The van der Waals surface area contributed by atoms with E-state index in [-0.39, 0.29) is 5.91 Å². The van der Waals surface area contributed by atoms with E-state index in [1.54, 1.807) is 0 Å². The van der Waals surface area contributed by atoms with Crippen LogP contribution in [0.25, 0.3) is 0 Å². The fraction of sp³-hybridized carbons (Fsp3) is 0.938. The summed E-state index contributed by atoms with van der Waals surface area (Å²) in [6.07, 6.45) is 2.37. The van der Waals surface area contributed by atoms with Crippen LogP contribution >= 0.6 is 0 Å². The van der Waals surface area contributed by atoms with E-state index in [1.165, 1.54) is 26.2 Å². The minimum Gasteiger partial charge on any atom is -0.394 e. The average molecular weight is 333 g/mol. The van der Waals surface area contributed by atoms with Gasteiger partial charge in [-0.2, -0.15) is 0 Å². The maximum atomic E-state index is 11.3. The Kier molecular flexibility index (Phi) is 9.66. The van der Waals surface area contributed by atoms with Crippen molar-refractivity contribution in [1.29, 1.82) is 0 Å². The first-order valence-corrected chi connectivity index (χ1v) is 8.52. The normalized spacial score (nSPS) is 31.1. The lowest BCUT2D eigenvalue weighted by atomic mass is 9.97. The number of ether oxygens (including phenoxy) is 2. The van der Waals surface area contributed by atoms with Gasteiger partial charge in [-0.1, -0.05) is 39.0 Å². The molecule has 1 fully saturated rings. The molecule has 1 rings (SSSR count). The quantitative estimate of drug-likeness (QED) is 0.429. The van der Waals surface area contributed by atoms with E-state index in [1.807, 2.05) is 0 Å². The van der Waals surface area contributed by atoms with Crippen molar-refractivity contribution < 1.29 is 29.6 Å². The summed E-state index contributed by atoms with van der Waals surface area (Å²) in [5.41, 5.74) is 0. The summed E-state index contributed by atoms with van der Waals surface area (Å²) in [6.45, 7) is 3.50. The number of hydrogen-bond acceptors (Lipinski definition) is 6. The summed E-state index contributed by atoms with van der Waals surface area (Å²) in [6, 6.07) is -0.856. The molecule has 1 amide bonds. The van der Waals surface area contributed by atoms with Crippen molar-refractivity contribution in [3.05, 3.63) is 0 Å². The number of hydrogen-bond donors (Lipinski definition) is 4. The van der Waals surface area contributed by atoms with Crippen molar-refractivity contribution in [3.63, 3.8) is 0 Å². The summed E-state index contributed by atoms with van der Waals surface area (Å²) >= 11 is 0. The highest BCUT2D eigenvalue weighted by Crippen LogP contribution is 2.22. The molecule has 0 radical (unpaired) electrons. The van der Waals surface area contributed by atoms with Gasteiger partial charge in [-0.25, -0.2) is 0 Å². The first kappa shape index (κ1) is 20.3. The van der Waals surface area contributed by atoms with Gasteiger partial charge in [0, 0.05) is 13.5 Å². The zero-order valence-corrected chi connectivity index (χ0v) is 14.1. The fourth-order valence-corrected chi connectivity index (χ4v) is 2.69. The van der Waals surface area contributed by atoms with Gasteiger partial charge in [-0.15, -0.1) is 0 Å². The lowest BCUT2D eigenvalue weighted by Gasteiger charge is -2.42. The highest BCUT2D eigenvalue weighted by atomic mass is 16.7. The summed E-state index contributed by atoms with van der Waals surface area (Å²) in [7, 11) is 0. The van der Waals surface area contributed by atoms with Crippen LogP contribution in [0.1, 0.15) is 52.4 Å². The Balaban J connectivity index is 2.45. The van der Waals surface area contributed by atoms with E-state index in [0.29, 0.717) is 6.61 Å². The number of carbonyl (C=O) groups excluding carboxylic acids is 1. The molecule has 0 bridgehead atoms. The Morgan fingerprint density at radius 3 is 2.39 bits per heavy atom. The topological polar surface area (TPSA) is 108 Å². The second-order valence-electron chi connectivity index (χ2n) is 6.07. The summed E-state index contributed by atoms with van der Waals surface area (Å²) < 4.78 is 11.1. The molecule has 0 aromatic heterocycles. The number of rotatable bonds is 10. The third-order valence-electron chi connectivity index (χ3n) is 4.03. The molecule has 0 unspecified atom stereocenters. The zero-order chi connectivity index (χ0) is 17.2. The van der Waals surface area contributed by atoms with Crippen molar-refractivity contribution in [2.24, 2.45) is 0 Å². The molecule has 7 heteroatoms. The van der Waals surface area contributed by atoms with E-state index in [0.717, 1.165) is 19.3 Å². The van der Waals surface area contributed by atoms with Gasteiger partial charge in [0.05, 0.1) is 6.61 Å². The van der Waals surface area contributed by atoms with Crippen LogP contribution in [0.4, 0.5) is 0 Å². The number of carbonyl (C=O) groups is 1.